The number of benzene rings is 1. The number of carbonyl (C=O) groups is 2. The lowest BCUT2D eigenvalue weighted by Gasteiger charge is -2.15. The number of hydrogen-bond donors (Lipinski definition) is 2. The second kappa shape index (κ2) is 7.63. The van der Waals surface area contributed by atoms with E-state index in [4.69, 9.17) is 16.0 Å². The third-order valence-corrected chi connectivity index (χ3v) is 3.27. The molecule has 0 aliphatic heterocycles. The number of hydrogen-bond acceptors (Lipinski definition) is 4. The van der Waals surface area contributed by atoms with E-state index in [1.165, 1.54) is 11.6 Å². The number of nitrogens with two attached hydrogens (primary N) is 1. The van der Waals surface area contributed by atoms with Crippen LogP contribution in [0.1, 0.15) is 12.2 Å². The molecule has 3 N–H and O–H groups in total. The summed E-state index contributed by atoms with van der Waals surface area (Å²) >= 11 is 5.75. The minimum absolute atomic E-state index is 0.203. The van der Waals surface area contributed by atoms with Gasteiger partial charge in [0.25, 0.3) is 0 Å². The molecule has 1 atom stereocenters. The van der Waals surface area contributed by atoms with Gasteiger partial charge in [0.05, 0.1) is 18.7 Å². The topological polar surface area (TPSA) is 99.0 Å². The highest BCUT2D eigenvalue weighted by molar-refractivity contribution is 6.30. The van der Waals surface area contributed by atoms with Gasteiger partial charge in [0.2, 0.25) is 5.91 Å². The molecule has 6 nitrogen and oxygen atoms in total. The zero-order chi connectivity index (χ0) is 15.9. The Labute approximate surface area is 132 Å². The van der Waals surface area contributed by atoms with Crippen molar-refractivity contribution in [2.24, 2.45) is 0 Å². The van der Waals surface area contributed by atoms with E-state index in [1.807, 2.05) is 0 Å². The Morgan fingerprint density at radius 3 is 2.59 bits per heavy atom. The quantitative estimate of drug-likeness (QED) is 0.757. The summed E-state index contributed by atoms with van der Waals surface area (Å²) in [6, 6.07) is 9.01. The molecular formula is C15H15ClN2O4. The van der Waals surface area contributed by atoms with Gasteiger partial charge in [-0.1, -0.05) is 11.6 Å². The number of carboxylic acid groups (broad SMARTS) is 1. The first-order valence-electron chi connectivity index (χ1n) is 6.66. The second-order valence-corrected chi connectivity index (χ2v) is 5.14. The Kier molecular flexibility index (Phi) is 5.57. The summed E-state index contributed by atoms with van der Waals surface area (Å²) in [4.78, 5) is 23.0. The molecule has 1 aromatic heterocycles. The predicted molar refractivity (Wildman–Crippen MR) is 77.8 cm³/mol. The fraction of sp³-hybridized carbons (Fsp3) is 0.200. The average Bonchev–Trinajstić information content (AvgIpc) is 2.99. The van der Waals surface area contributed by atoms with Gasteiger partial charge in [-0.2, -0.15) is 0 Å². The third kappa shape index (κ3) is 4.91. The minimum Gasteiger partial charge on any atom is -0.544 e. The van der Waals surface area contributed by atoms with Crippen molar-refractivity contribution in [2.45, 2.75) is 19.0 Å². The normalized spacial score (nSPS) is 11.9. The third-order valence-electron chi connectivity index (χ3n) is 3.02. The zero-order valence-electron chi connectivity index (χ0n) is 11.6. The molecule has 0 aliphatic rings. The standard InChI is InChI=1S/C15H15ClN2O4/c16-10-3-5-11(6-4-10)18-14(19)8-13(15(20)21)17-9-12-2-1-7-22-12/h1-7,13,17H,8-9H2,(H,18,19)(H,20,21). The number of anilines is 1. The number of nitrogens with one attached hydrogen (secondary N) is 1. The van der Waals surface area contributed by atoms with Gasteiger partial charge >= 0.3 is 0 Å². The molecule has 1 heterocycles. The van der Waals surface area contributed by atoms with E-state index in [0.717, 1.165) is 0 Å². The van der Waals surface area contributed by atoms with Crippen LogP contribution in [0.2, 0.25) is 5.02 Å². The number of quaternary nitrogens is 1. The van der Waals surface area contributed by atoms with Crippen LogP contribution in [-0.2, 0) is 16.1 Å². The predicted octanol–water partition coefficient (Wildman–Crippen LogP) is 0.144. The van der Waals surface area contributed by atoms with E-state index >= 15 is 0 Å². The Morgan fingerprint density at radius 2 is 2.00 bits per heavy atom. The molecule has 1 amide bonds. The molecule has 0 bridgehead atoms. The summed E-state index contributed by atoms with van der Waals surface area (Å²) in [5.41, 5.74) is 0.553. The lowest BCUT2D eigenvalue weighted by molar-refractivity contribution is -0.698. The lowest BCUT2D eigenvalue weighted by Crippen LogP contribution is -2.92. The molecule has 22 heavy (non-hydrogen) atoms. The van der Waals surface area contributed by atoms with Crippen LogP contribution in [-0.4, -0.2) is 17.9 Å². The first-order valence-corrected chi connectivity index (χ1v) is 7.04. The highest BCUT2D eigenvalue weighted by Gasteiger charge is 2.19. The monoisotopic (exact) mass is 322 g/mol. The van der Waals surface area contributed by atoms with Crippen LogP contribution >= 0.6 is 11.6 Å². The van der Waals surface area contributed by atoms with Crippen LogP contribution in [0.5, 0.6) is 0 Å². The van der Waals surface area contributed by atoms with Crippen molar-refractivity contribution in [1.82, 2.24) is 0 Å². The van der Waals surface area contributed by atoms with E-state index in [-0.39, 0.29) is 6.42 Å². The molecule has 2 aromatic rings. The molecule has 2 rings (SSSR count). The van der Waals surface area contributed by atoms with Gasteiger partial charge in [-0.15, -0.1) is 0 Å². The fourth-order valence-electron chi connectivity index (χ4n) is 1.90. The van der Waals surface area contributed by atoms with E-state index < -0.39 is 17.9 Å². The van der Waals surface area contributed by atoms with Crippen molar-refractivity contribution >= 4 is 29.2 Å². The average molecular weight is 323 g/mol. The van der Waals surface area contributed by atoms with Gasteiger partial charge in [0.15, 0.2) is 5.76 Å². The van der Waals surface area contributed by atoms with E-state index in [9.17, 15) is 14.7 Å². The van der Waals surface area contributed by atoms with Gasteiger partial charge in [0.1, 0.15) is 12.6 Å². The Bertz CT molecular complexity index is 626. The van der Waals surface area contributed by atoms with Crippen LogP contribution in [0.3, 0.4) is 0 Å². The van der Waals surface area contributed by atoms with E-state index in [0.29, 0.717) is 23.0 Å². The summed E-state index contributed by atoms with van der Waals surface area (Å²) < 4.78 is 5.12. The largest absolute Gasteiger partial charge is 0.544 e. The number of carboxylic acids is 1. The van der Waals surface area contributed by atoms with Gasteiger partial charge in [-0.25, -0.2) is 0 Å². The van der Waals surface area contributed by atoms with Crippen LogP contribution in [0.25, 0.3) is 0 Å². The van der Waals surface area contributed by atoms with Crippen molar-refractivity contribution in [1.29, 1.82) is 0 Å². The maximum atomic E-state index is 11.9. The number of rotatable bonds is 7. The highest BCUT2D eigenvalue weighted by atomic mass is 35.5. The molecule has 7 heteroatoms. The fourth-order valence-corrected chi connectivity index (χ4v) is 2.02. The molecular weight excluding hydrogens is 308 g/mol. The molecule has 0 aliphatic carbocycles. The van der Waals surface area contributed by atoms with Crippen molar-refractivity contribution in [2.75, 3.05) is 5.32 Å². The zero-order valence-corrected chi connectivity index (χ0v) is 12.4. The number of halogens is 1. The van der Waals surface area contributed by atoms with Crippen LogP contribution in [0, 0.1) is 0 Å². The summed E-state index contributed by atoms with van der Waals surface area (Å²) in [5, 5.41) is 15.8. The molecule has 0 fully saturated rings. The molecule has 0 saturated carbocycles. The molecule has 116 valence electrons. The molecule has 1 aromatic carbocycles. The SMILES string of the molecule is O=C(CC([NH2+]Cc1ccco1)C(=O)[O-])Nc1ccc(Cl)cc1. The van der Waals surface area contributed by atoms with Gasteiger partial charge in [0, 0.05) is 10.7 Å². The molecule has 0 radical (unpaired) electrons. The number of carbonyl (C=O) groups excluding carboxylic acids is 2. The van der Waals surface area contributed by atoms with Crippen LogP contribution < -0.4 is 15.7 Å². The van der Waals surface area contributed by atoms with Gasteiger partial charge in [-0.3, -0.25) is 4.79 Å². The molecule has 1 unspecified atom stereocenters. The molecule has 0 saturated heterocycles. The highest BCUT2D eigenvalue weighted by Crippen LogP contribution is 2.13. The van der Waals surface area contributed by atoms with Gasteiger partial charge < -0.3 is 25.0 Å². The Hall–Kier alpha value is -2.31. The lowest BCUT2D eigenvalue weighted by atomic mass is 10.2. The van der Waals surface area contributed by atoms with Crippen molar-refractivity contribution < 1.29 is 24.4 Å². The first kappa shape index (κ1) is 16.1. The van der Waals surface area contributed by atoms with Gasteiger partial charge in [-0.05, 0) is 36.4 Å². The number of furan rings is 1. The molecule has 0 spiro atoms. The summed E-state index contributed by atoms with van der Waals surface area (Å²) in [6.07, 6.45) is 1.30. The number of amides is 1. The van der Waals surface area contributed by atoms with E-state index in [1.54, 1.807) is 36.4 Å². The van der Waals surface area contributed by atoms with Crippen molar-refractivity contribution in [3.63, 3.8) is 0 Å². The second-order valence-electron chi connectivity index (χ2n) is 4.70. The Morgan fingerprint density at radius 1 is 1.27 bits per heavy atom. The maximum Gasteiger partial charge on any atom is 0.230 e. The Balaban J connectivity index is 1.88. The summed E-state index contributed by atoms with van der Waals surface area (Å²) in [6.45, 7) is 0.319. The van der Waals surface area contributed by atoms with E-state index in [2.05, 4.69) is 5.32 Å². The smallest absolute Gasteiger partial charge is 0.230 e. The summed E-state index contributed by atoms with van der Waals surface area (Å²) in [7, 11) is 0. The summed E-state index contributed by atoms with van der Waals surface area (Å²) in [5.74, 6) is -1.07. The minimum atomic E-state index is -1.29. The van der Waals surface area contributed by atoms with Crippen LogP contribution in [0.15, 0.2) is 47.1 Å². The van der Waals surface area contributed by atoms with Crippen LogP contribution in [0.4, 0.5) is 5.69 Å². The number of aliphatic carboxylic acids is 1. The van der Waals surface area contributed by atoms with Crippen molar-refractivity contribution in [3.8, 4) is 0 Å². The van der Waals surface area contributed by atoms with Crippen molar-refractivity contribution in [3.05, 3.63) is 53.4 Å². The maximum absolute atomic E-state index is 11.9. The first-order chi connectivity index (χ1) is 10.5.